The van der Waals surface area contributed by atoms with E-state index in [0.29, 0.717) is 5.92 Å². The highest BCUT2D eigenvalue weighted by atomic mass is 16.4. The van der Waals surface area contributed by atoms with Gasteiger partial charge in [0.15, 0.2) is 0 Å². The summed E-state index contributed by atoms with van der Waals surface area (Å²) < 4.78 is 0. The molecule has 0 radical (unpaired) electrons. The predicted octanol–water partition coefficient (Wildman–Crippen LogP) is 2.99. The number of carbonyl (C=O) groups is 1. The van der Waals surface area contributed by atoms with Crippen molar-refractivity contribution in [3.05, 3.63) is 11.6 Å². The molecule has 2 heteroatoms. The maximum Gasteiger partial charge on any atom is 0.328 e. The van der Waals surface area contributed by atoms with E-state index >= 15 is 0 Å². The SMILES string of the molecule is CC/C(=C/C(=O)O)C1CCCCC1. The maximum absolute atomic E-state index is 10.5. The molecular formula is C11H18O2. The maximum atomic E-state index is 10.5. The molecule has 2 nitrogen and oxygen atoms in total. The smallest absolute Gasteiger partial charge is 0.328 e. The molecule has 1 saturated carbocycles. The third-order valence-electron chi connectivity index (χ3n) is 2.85. The van der Waals surface area contributed by atoms with Gasteiger partial charge in [0.25, 0.3) is 0 Å². The molecule has 1 fully saturated rings. The topological polar surface area (TPSA) is 37.3 Å². The summed E-state index contributed by atoms with van der Waals surface area (Å²) in [5, 5.41) is 8.67. The first-order valence-corrected chi connectivity index (χ1v) is 5.17. The summed E-state index contributed by atoms with van der Waals surface area (Å²) in [5.74, 6) is -0.239. The van der Waals surface area contributed by atoms with Gasteiger partial charge < -0.3 is 5.11 Å². The molecule has 0 aliphatic heterocycles. The molecule has 0 heterocycles. The number of allylic oxidation sites excluding steroid dienone is 1. The molecule has 0 saturated heterocycles. The lowest BCUT2D eigenvalue weighted by Crippen LogP contribution is -2.10. The second-order valence-corrected chi connectivity index (χ2v) is 3.75. The number of carboxylic acid groups (broad SMARTS) is 1. The Hall–Kier alpha value is -0.790. The standard InChI is InChI=1S/C11H18O2/c1-2-9(8-11(12)13)10-6-4-3-5-7-10/h8,10H,2-7H2,1H3,(H,12,13)/b9-8-. The van der Waals surface area contributed by atoms with Crippen LogP contribution >= 0.6 is 0 Å². The molecular weight excluding hydrogens is 164 g/mol. The fourth-order valence-corrected chi connectivity index (χ4v) is 2.14. The van der Waals surface area contributed by atoms with Crippen molar-refractivity contribution in [3.63, 3.8) is 0 Å². The summed E-state index contributed by atoms with van der Waals surface area (Å²) in [6.07, 6.45) is 8.52. The molecule has 0 amide bonds. The lowest BCUT2D eigenvalue weighted by Gasteiger charge is -2.23. The van der Waals surface area contributed by atoms with Crippen molar-refractivity contribution in [3.8, 4) is 0 Å². The first-order valence-electron chi connectivity index (χ1n) is 5.17. The van der Waals surface area contributed by atoms with Crippen LogP contribution in [0.15, 0.2) is 11.6 Å². The van der Waals surface area contributed by atoms with Gasteiger partial charge in [-0.2, -0.15) is 0 Å². The zero-order chi connectivity index (χ0) is 9.68. The van der Waals surface area contributed by atoms with Gasteiger partial charge in [0.05, 0.1) is 0 Å². The number of carboxylic acids is 1. The lowest BCUT2D eigenvalue weighted by molar-refractivity contribution is -0.131. The minimum absolute atomic E-state index is 0.551. The van der Waals surface area contributed by atoms with Gasteiger partial charge in [-0.1, -0.05) is 31.8 Å². The van der Waals surface area contributed by atoms with Crippen molar-refractivity contribution >= 4 is 5.97 Å². The zero-order valence-corrected chi connectivity index (χ0v) is 8.25. The summed E-state index contributed by atoms with van der Waals surface area (Å²) in [5.41, 5.74) is 1.13. The molecule has 1 aliphatic carbocycles. The highest BCUT2D eigenvalue weighted by Crippen LogP contribution is 2.30. The summed E-state index contributed by atoms with van der Waals surface area (Å²) >= 11 is 0. The third kappa shape index (κ3) is 3.21. The van der Waals surface area contributed by atoms with Gasteiger partial charge in [0.2, 0.25) is 0 Å². The Morgan fingerprint density at radius 2 is 2.00 bits per heavy atom. The van der Waals surface area contributed by atoms with Gasteiger partial charge in [-0.25, -0.2) is 4.79 Å². The first kappa shape index (κ1) is 10.3. The molecule has 0 bridgehead atoms. The van der Waals surface area contributed by atoms with Crippen molar-refractivity contribution in [1.29, 1.82) is 0 Å². The largest absolute Gasteiger partial charge is 0.478 e. The minimum atomic E-state index is -0.789. The molecule has 1 N–H and O–H groups in total. The highest BCUT2D eigenvalue weighted by Gasteiger charge is 2.17. The van der Waals surface area contributed by atoms with Crippen LogP contribution in [0.25, 0.3) is 0 Å². The molecule has 0 atom stereocenters. The van der Waals surface area contributed by atoms with Gasteiger partial charge in [0.1, 0.15) is 0 Å². The van der Waals surface area contributed by atoms with Crippen molar-refractivity contribution in [2.45, 2.75) is 45.4 Å². The van der Waals surface area contributed by atoms with Crippen LogP contribution in [-0.4, -0.2) is 11.1 Å². The Bertz CT molecular complexity index is 200. The molecule has 0 aromatic heterocycles. The number of hydrogen-bond acceptors (Lipinski definition) is 1. The van der Waals surface area contributed by atoms with Crippen molar-refractivity contribution in [2.75, 3.05) is 0 Å². The summed E-state index contributed by atoms with van der Waals surface area (Å²) in [6, 6.07) is 0. The van der Waals surface area contributed by atoms with E-state index < -0.39 is 5.97 Å². The zero-order valence-electron chi connectivity index (χ0n) is 8.25. The van der Waals surface area contributed by atoms with Crippen LogP contribution in [0.4, 0.5) is 0 Å². The summed E-state index contributed by atoms with van der Waals surface area (Å²) in [6.45, 7) is 2.05. The molecule has 0 aromatic rings. The second-order valence-electron chi connectivity index (χ2n) is 3.75. The van der Waals surface area contributed by atoms with Gasteiger partial charge in [-0.3, -0.25) is 0 Å². The van der Waals surface area contributed by atoms with Crippen LogP contribution in [0.5, 0.6) is 0 Å². The average molecular weight is 182 g/mol. The molecule has 1 aliphatic rings. The van der Waals surface area contributed by atoms with Crippen LogP contribution < -0.4 is 0 Å². The van der Waals surface area contributed by atoms with Crippen molar-refractivity contribution in [1.82, 2.24) is 0 Å². The molecule has 0 spiro atoms. The van der Waals surface area contributed by atoms with Crippen LogP contribution in [0.2, 0.25) is 0 Å². The van der Waals surface area contributed by atoms with E-state index in [1.165, 1.54) is 38.2 Å². The van der Waals surface area contributed by atoms with E-state index in [0.717, 1.165) is 12.0 Å². The molecule has 1 rings (SSSR count). The third-order valence-corrected chi connectivity index (χ3v) is 2.85. The summed E-state index contributed by atoms with van der Waals surface area (Å²) in [4.78, 5) is 10.5. The van der Waals surface area contributed by atoms with E-state index in [1.807, 2.05) is 6.92 Å². The molecule has 0 unspecified atom stereocenters. The highest BCUT2D eigenvalue weighted by molar-refractivity contribution is 5.80. The van der Waals surface area contributed by atoms with E-state index in [4.69, 9.17) is 5.11 Å². The first-order chi connectivity index (χ1) is 6.24. The molecule has 74 valence electrons. The average Bonchev–Trinajstić information content (AvgIpc) is 2.15. The Labute approximate surface area is 79.6 Å². The van der Waals surface area contributed by atoms with Crippen LogP contribution in [-0.2, 0) is 4.79 Å². The normalized spacial score (nSPS) is 20.2. The number of aliphatic carboxylic acids is 1. The van der Waals surface area contributed by atoms with E-state index in [1.54, 1.807) is 0 Å². The van der Waals surface area contributed by atoms with Gasteiger partial charge in [0, 0.05) is 6.08 Å². The lowest BCUT2D eigenvalue weighted by atomic mass is 9.82. The minimum Gasteiger partial charge on any atom is -0.478 e. The van der Waals surface area contributed by atoms with Gasteiger partial charge in [-0.05, 0) is 25.2 Å². The quantitative estimate of drug-likeness (QED) is 0.681. The fraction of sp³-hybridized carbons (Fsp3) is 0.727. The van der Waals surface area contributed by atoms with E-state index in [2.05, 4.69) is 0 Å². The predicted molar refractivity (Wildman–Crippen MR) is 52.6 cm³/mol. The Kier molecular flexibility index (Phi) is 4.00. The van der Waals surface area contributed by atoms with Crippen LogP contribution in [0, 0.1) is 5.92 Å². The Morgan fingerprint density at radius 3 is 2.46 bits per heavy atom. The number of hydrogen-bond donors (Lipinski definition) is 1. The van der Waals surface area contributed by atoms with Crippen molar-refractivity contribution < 1.29 is 9.90 Å². The van der Waals surface area contributed by atoms with Gasteiger partial charge >= 0.3 is 5.97 Å². The Balaban J connectivity index is 2.58. The van der Waals surface area contributed by atoms with E-state index in [9.17, 15) is 4.79 Å². The molecule has 13 heavy (non-hydrogen) atoms. The van der Waals surface area contributed by atoms with E-state index in [-0.39, 0.29) is 0 Å². The Morgan fingerprint density at radius 1 is 1.38 bits per heavy atom. The fourth-order valence-electron chi connectivity index (χ4n) is 2.14. The van der Waals surface area contributed by atoms with Gasteiger partial charge in [-0.15, -0.1) is 0 Å². The monoisotopic (exact) mass is 182 g/mol. The van der Waals surface area contributed by atoms with Crippen LogP contribution in [0.3, 0.4) is 0 Å². The molecule has 0 aromatic carbocycles. The van der Waals surface area contributed by atoms with Crippen molar-refractivity contribution in [2.24, 2.45) is 5.92 Å². The second kappa shape index (κ2) is 5.05. The summed E-state index contributed by atoms with van der Waals surface area (Å²) in [7, 11) is 0. The van der Waals surface area contributed by atoms with Crippen LogP contribution in [0.1, 0.15) is 45.4 Å². The number of rotatable bonds is 3.